The molecule has 1 heterocycles. The molecule has 0 saturated heterocycles. The lowest BCUT2D eigenvalue weighted by Crippen LogP contribution is -2.28. The number of methoxy groups -OCH3 is 2. The molecule has 2 aromatic carbocycles. The summed E-state index contributed by atoms with van der Waals surface area (Å²) in [6.45, 7) is 1.96. The van der Waals surface area contributed by atoms with Gasteiger partial charge in [-0.2, -0.15) is 0 Å². The zero-order valence-corrected chi connectivity index (χ0v) is 16.7. The molecular formula is C18H19FN2O4S2. The summed E-state index contributed by atoms with van der Waals surface area (Å²) in [6, 6.07) is 9.80. The molecule has 0 bridgehead atoms. The molecule has 0 aliphatic rings. The smallest absolute Gasteiger partial charge is 0.243 e. The third-order valence-corrected chi connectivity index (χ3v) is 6.75. The van der Waals surface area contributed by atoms with Gasteiger partial charge in [-0.05, 0) is 12.1 Å². The number of nitrogens with zero attached hydrogens (tertiary/aromatic N) is 1. The van der Waals surface area contributed by atoms with Crippen LogP contribution in [0.3, 0.4) is 0 Å². The van der Waals surface area contributed by atoms with Crippen molar-refractivity contribution in [2.45, 2.75) is 17.7 Å². The number of rotatable bonds is 7. The van der Waals surface area contributed by atoms with Crippen molar-refractivity contribution >= 4 is 31.6 Å². The first-order chi connectivity index (χ1) is 12.9. The van der Waals surface area contributed by atoms with E-state index >= 15 is 0 Å². The van der Waals surface area contributed by atoms with Crippen molar-refractivity contribution in [3.63, 3.8) is 0 Å². The van der Waals surface area contributed by atoms with Gasteiger partial charge in [-0.25, -0.2) is 22.5 Å². The topological polar surface area (TPSA) is 77.5 Å². The van der Waals surface area contributed by atoms with Crippen molar-refractivity contribution in [3.8, 4) is 11.5 Å². The molecule has 0 spiro atoms. The normalized spacial score (nSPS) is 12.9. The van der Waals surface area contributed by atoms with Crippen molar-refractivity contribution in [1.82, 2.24) is 9.71 Å². The van der Waals surface area contributed by atoms with Crippen LogP contribution in [0.2, 0.25) is 0 Å². The molecule has 1 aromatic heterocycles. The zero-order chi connectivity index (χ0) is 19.6. The molecule has 1 N–H and O–H groups in total. The molecule has 0 saturated carbocycles. The van der Waals surface area contributed by atoms with Gasteiger partial charge in [-0.15, -0.1) is 11.3 Å². The van der Waals surface area contributed by atoms with Crippen LogP contribution in [0.4, 0.5) is 4.39 Å². The molecule has 27 heavy (non-hydrogen) atoms. The largest absolute Gasteiger partial charge is 0.493 e. The van der Waals surface area contributed by atoms with Crippen molar-refractivity contribution in [3.05, 3.63) is 47.2 Å². The van der Waals surface area contributed by atoms with Crippen LogP contribution in [-0.4, -0.2) is 34.2 Å². The van der Waals surface area contributed by atoms with E-state index in [0.717, 1.165) is 27.4 Å². The van der Waals surface area contributed by atoms with Gasteiger partial charge >= 0.3 is 0 Å². The number of hydrogen-bond acceptors (Lipinski definition) is 6. The van der Waals surface area contributed by atoms with Crippen LogP contribution in [0.1, 0.15) is 17.8 Å². The minimum Gasteiger partial charge on any atom is -0.493 e. The van der Waals surface area contributed by atoms with Crippen molar-refractivity contribution in [2.24, 2.45) is 0 Å². The Morgan fingerprint density at radius 1 is 1.19 bits per heavy atom. The van der Waals surface area contributed by atoms with E-state index < -0.39 is 20.7 Å². The van der Waals surface area contributed by atoms with Crippen molar-refractivity contribution in [1.29, 1.82) is 0 Å². The summed E-state index contributed by atoms with van der Waals surface area (Å²) >= 11 is 1.51. The van der Waals surface area contributed by atoms with Crippen LogP contribution in [0, 0.1) is 5.82 Å². The SMILES string of the molecule is COc1cc(F)c(S(=O)(=O)NC[C@H](C)c2nc3ccccc3s2)cc1OC. The van der Waals surface area contributed by atoms with Crippen LogP contribution >= 0.6 is 11.3 Å². The summed E-state index contributed by atoms with van der Waals surface area (Å²) in [5.74, 6) is -0.816. The third-order valence-electron chi connectivity index (χ3n) is 4.04. The number of para-hydroxylation sites is 1. The Kier molecular flexibility index (Phi) is 5.64. The van der Waals surface area contributed by atoms with Crippen molar-refractivity contribution in [2.75, 3.05) is 20.8 Å². The first kappa shape index (κ1) is 19.5. The number of sulfonamides is 1. The fourth-order valence-electron chi connectivity index (χ4n) is 2.54. The van der Waals surface area contributed by atoms with Gasteiger partial charge in [0.15, 0.2) is 11.5 Å². The van der Waals surface area contributed by atoms with Crippen LogP contribution in [-0.2, 0) is 10.0 Å². The Balaban J connectivity index is 1.80. The molecule has 0 radical (unpaired) electrons. The Bertz CT molecular complexity index is 1030. The predicted octanol–water partition coefficient (Wildman–Crippen LogP) is 3.53. The summed E-state index contributed by atoms with van der Waals surface area (Å²) in [7, 11) is -1.36. The summed E-state index contributed by atoms with van der Waals surface area (Å²) in [4.78, 5) is 4.04. The number of benzene rings is 2. The van der Waals surface area contributed by atoms with E-state index in [4.69, 9.17) is 9.47 Å². The molecular weight excluding hydrogens is 391 g/mol. The van der Waals surface area contributed by atoms with E-state index in [1.807, 2.05) is 31.2 Å². The molecule has 0 fully saturated rings. The molecule has 3 rings (SSSR count). The number of hydrogen-bond donors (Lipinski definition) is 1. The van der Waals surface area contributed by atoms with Crippen LogP contribution in [0.5, 0.6) is 11.5 Å². The first-order valence-corrected chi connectivity index (χ1v) is 10.4. The summed E-state index contributed by atoms with van der Waals surface area (Å²) in [5.41, 5.74) is 0.873. The summed E-state index contributed by atoms with van der Waals surface area (Å²) in [6.07, 6.45) is 0. The number of ether oxygens (including phenoxy) is 2. The second-order valence-electron chi connectivity index (χ2n) is 5.91. The van der Waals surface area contributed by atoms with E-state index in [1.165, 1.54) is 25.6 Å². The molecule has 1 atom stereocenters. The highest BCUT2D eigenvalue weighted by molar-refractivity contribution is 7.89. The molecule has 0 amide bonds. The van der Waals surface area contributed by atoms with Gasteiger partial charge in [0.25, 0.3) is 0 Å². The molecule has 0 aliphatic heterocycles. The maximum Gasteiger partial charge on any atom is 0.243 e. The second kappa shape index (κ2) is 7.79. The lowest BCUT2D eigenvalue weighted by Gasteiger charge is -2.14. The maximum absolute atomic E-state index is 14.3. The van der Waals surface area contributed by atoms with E-state index in [-0.39, 0.29) is 24.0 Å². The van der Waals surface area contributed by atoms with E-state index in [0.29, 0.717) is 0 Å². The first-order valence-electron chi connectivity index (χ1n) is 8.12. The number of aromatic nitrogens is 1. The fourth-order valence-corrected chi connectivity index (χ4v) is 4.76. The minimum absolute atomic E-state index is 0.0932. The molecule has 0 aliphatic carbocycles. The van der Waals surface area contributed by atoms with E-state index in [9.17, 15) is 12.8 Å². The summed E-state index contributed by atoms with van der Waals surface area (Å²) in [5, 5.41) is 0.812. The molecule has 6 nitrogen and oxygen atoms in total. The lowest BCUT2D eigenvalue weighted by molar-refractivity contribution is 0.350. The highest BCUT2D eigenvalue weighted by Crippen LogP contribution is 2.32. The lowest BCUT2D eigenvalue weighted by atomic mass is 10.2. The monoisotopic (exact) mass is 410 g/mol. The van der Waals surface area contributed by atoms with E-state index in [1.54, 1.807) is 0 Å². The fraction of sp³-hybridized carbons (Fsp3) is 0.278. The Morgan fingerprint density at radius 3 is 2.52 bits per heavy atom. The van der Waals surface area contributed by atoms with Gasteiger partial charge in [0.05, 0.1) is 29.4 Å². The van der Waals surface area contributed by atoms with Crippen LogP contribution < -0.4 is 14.2 Å². The third kappa shape index (κ3) is 4.05. The average Bonchev–Trinajstić information content (AvgIpc) is 3.10. The van der Waals surface area contributed by atoms with E-state index in [2.05, 4.69) is 9.71 Å². The standard InChI is InChI=1S/C18H19FN2O4S2/c1-11(18-21-13-6-4-5-7-16(13)26-18)10-20-27(22,23)17-9-15(25-3)14(24-2)8-12(17)19/h4-9,11,20H,10H2,1-3H3/t11-/m0/s1. The Labute approximate surface area is 161 Å². The Morgan fingerprint density at radius 2 is 1.85 bits per heavy atom. The minimum atomic E-state index is -4.07. The highest BCUT2D eigenvalue weighted by atomic mass is 32.2. The number of thiazole rings is 1. The van der Waals surface area contributed by atoms with Gasteiger partial charge in [0.2, 0.25) is 10.0 Å². The predicted molar refractivity (Wildman–Crippen MR) is 103 cm³/mol. The molecule has 144 valence electrons. The zero-order valence-electron chi connectivity index (χ0n) is 15.0. The molecule has 0 unspecified atom stereocenters. The number of nitrogens with one attached hydrogen (secondary N) is 1. The molecule has 3 aromatic rings. The maximum atomic E-state index is 14.3. The quantitative estimate of drug-likeness (QED) is 0.645. The second-order valence-corrected chi connectivity index (χ2v) is 8.71. The average molecular weight is 410 g/mol. The van der Waals surface area contributed by atoms with Gasteiger partial charge in [0, 0.05) is 24.6 Å². The summed E-state index contributed by atoms with van der Waals surface area (Å²) < 4.78 is 52.9. The van der Waals surface area contributed by atoms with Gasteiger partial charge < -0.3 is 9.47 Å². The number of fused-ring (bicyclic) bond motifs is 1. The number of halogens is 1. The molecule has 9 heteroatoms. The van der Waals surface area contributed by atoms with Crippen molar-refractivity contribution < 1.29 is 22.3 Å². The van der Waals surface area contributed by atoms with Gasteiger partial charge in [0.1, 0.15) is 10.7 Å². The highest BCUT2D eigenvalue weighted by Gasteiger charge is 2.24. The van der Waals surface area contributed by atoms with Gasteiger partial charge in [-0.3, -0.25) is 0 Å². The van der Waals surface area contributed by atoms with Gasteiger partial charge in [-0.1, -0.05) is 19.1 Å². The van der Waals surface area contributed by atoms with Crippen LogP contribution in [0.25, 0.3) is 10.2 Å². The Hall–Kier alpha value is -2.23. The van der Waals surface area contributed by atoms with Crippen LogP contribution in [0.15, 0.2) is 41.3 Å².